The van der Waals surface area contributed by atoms with Gasteiger partial charge in [-0.05, 0) is 60.4 Å². The molecule has 1 unspecified atom stereocenters. The fraction of sp³-hybridized carbons (Fsp3) is 0.250. The largest absolute Gasteiger partial charge is 0.497 e. The topological polar surface area (TPSA) is 47.3 Å². The van der Waals surface area contributed by atoms with Crippen molar-refractivity contribution in [3.05, 3.63) is 63.1 Å². The molecular weight excluding hydrogens is 316 g/mol. The third kappa shape index (κ3) is 3.20. The molecule has 2 aromatic carbocycles. The second-order valence-electron chi connectivity index (χ2n) is 4.88. The number of ether oxygens (including phenoxy) is 1. The molecule has 0 bridgehead atoms. The summed E-state index contributed by atoms with van der Waals surface area (Å²) >= 11 is 3.54. The van der Waals surface area contributed by atoms with Crippen molar-refractivity contribution in [2.45, 2.75) is 19.9 Å². The van der Waals surface area contributed by atoms with E-state index in [2.05, 4.69) is 59.5 Å². The Labute approximate surface area is 128 Å². The highest BCUT2D eigenvalue weighted by atomic mass is 79.9. The summed E-state index contributed by atoms with van der Waals surface area (Å²) in [6.07, 6.45) is 0. The lowest BCUT2D eigenvalue weighted by atomic mass is 9.94. The Bertz CT molecular complexity index is 593. The average molecular weight is 335 g/mol. The second kappa shape index (κ2) is 6.39. The third-order valence-corrected chi connectivity index (χ3v) is 3.81. The number of hydrazine groups is 1. The molecule has 0 fully saturated rings. The van der Waals surface area contributed by atoms with Gasteiger partial charge in [0.2, 0.25) is 0 Å². The molecule has 0 saturated carbocycles. The quantitative estimate of drug-likeness (QED) is 0.663. The van der Waals surface area contributed by atoms with E-state index < -0.39 is 0 Å². The number of methoxy groups -OCH3 is 1. The SMILES string of the molecule is COc1ccc(C(NN)c2cc(C)cc(Br)c2)c(C)c1. The fourth-order valence-electron chi connectivity index (χ4n) is 2.40. The normalized spacial score (nSPS) is 12.2. The van der Waals surface area contributed by atoms with Crippen LogP contribution in [0.1, 0.15) is 28.3 Å². The predicted molar refractivity (Wildman–Crippen MR) is 85.8 cm³/mol. The molecule has 3 nitrogen and oxygen atoms in total. The van der Waals surface area contributed by atoms with Gasteiger partial charge in [0, 0.05) is 4.47 Å². The van der Waals surface area contributed by atoms with E-state index in [4.69, 9.17) is 10.6 Å². The molecule has 106 valence electrons. The number of halogens is 1. The molecule has 2 rings (SSSR count). The summed E-state index contributed by atoms with van der Waals surface area (Å²) < 4.78 is 6.30. The first-order valence-electron chi connectivity index (χ1n) is 6.43. The van der Waals surface area contributed by atoms with Gasteiger partial charge >= 0.3 is 0 Å². The maximum Gasteiger partial charge on any atom is 0.119 e. The number of aryl methyl sites for hydroxylation is 2. The molecule has 0 heterocycles. The molecule has 0 aromatic heterocycles. The minimum absolute atomic E-state index is 0.0443. The third-order valence-electron chi connectivity index (χ3n) is 3.35. The van der Waals surface area contributed by atoms with Gasteiger partial charge < -0.3 is 4.74 Å². The van der Waals surface area contributed by atoms with Crippen LogP contribution in [0.25, 0.3) is 0 Å². The standard InChI is InChI=1S/C16H19BrN2O/c1-10-6-12(9-13(17)7-10)16(19-18)15-5-4-14(20-3)8-11(15)2/h4-9,16,19H,18H2,1-3H3. The lowest BCUT2D eigenvalue weighted by molar-refractivity contribution is 0.414. The van der Waals surface area contributed by atoms with Crippen molar-refractivity contribution in [3.63, 3.8) is 0 Å². The van der Waals surface area contributed by atoms with Crippen LogP contribution in [0.2, 0.25) is 0 Å². The highest BCUT2D eigenvalue weighted by Gasteiger charge is 2.16. The van der Waals surface area contributed by atoms with Gasteiger partial charge in [-0.2, -0.15) is 0 Å². The van der Waals surface area contributed by atoms with Gasteiger partial charge in [0.15, 0.2) is 0 Å². The Morgan fingerprint density at radius 2 is 1.90 bits per heavy atom. The highest BCUT2D eigenvalue weighted by molar-refractivity contribution is 9.10. The number of nitrogens with one attached hydrogen (secondary N) is 1. The molecule has 0 spiro atoms. The van der Waals surface area contributed by atoms with Crippen molar-refractivity contribution in [2.75, 3.05) is 7.11 Å². The van der Waals surface area contributed by atoms with Crippen LogP contribution in [0, 0.1) is 13.8 Å². The van der Waals surface area contributed by atoms with E-state index in [-0.39, 0.29) is 6.04 Å². The first-order valence-corrected chi connectivity index (χ1v) is 7.22. The molecule has 0 aliphatic heterocycles. The summed E-state index contributed by atoms with van der Waals surface area (Å²) in [7, 11) is 1.67. The maximum atomic E-state index is 5.78. The Hall–Kier alpha value is -1.36. The van der Waals surface area contributed by atoms with Crippen LogP contribution in [0.4, 0.5) is 0 Å². The molecule has 0 amide bonds. The zero-order chi connectivity index (χ0) is 14.7. The van der Waals surface area contributed by atoms with Crippen molar-refractivity contribution < 1.29 is 4.74 Å². The fourth-order valence-corrected chi connectivity index (χ4v) is 3.02. The molecule has 0 aliphatic carbocycles. The smallest absolute Gasteiger partial charge is 0.119 e. The molecule has 0 radical (unpaired) electrons. The molecule has 0 saturated heterocycles. The van der Waals surface area contributed by atoms with Gasteiger partial charge in [-0.3, -0.25) is 5.84 Å². The van der Waals surface area contributed by atoms with Crippen LogP contribution in [-0.2, 0) is 0 Å². The number of hydrogen-bond acceptors (Lipinski definition) is 3. The Balaban J connectivity index is 2.46. The van der Waals surface area contributed by atoms with Gasteiger partial charge in [-0.25, -0.2) is 5.43 Å². The summed E-state index contributed by atoms with van der Waals surface area (Å²) in [5.74, 6) is 6.63. The van der Waals surface area contributed by atoms with Crippen LogP contribution >= 0.6 is 15.9 Å². The Morgan fingerprint density at radius 1 is 1.15 bits per heavy atom. The number of nitrogens with two attached hydrogens (primary N) is 1. The zero-order valence-corrected chi connectivity index (χ0v) is 13.5. The molecule has 2 aromatic rings. The molecule has 20 heavy (non-hydrogen) atoms. The van der Waals surface area contributed by atoms with Gasteiger partial charge in [0.1, 0.15) is 5.75 Å². The van der Waals surface area contributed by atoms with Crippen molar-refractivity contribution in [2.24, 2.45) is 5.84 Å². The van der Waals surface area contributed by atoms with Crippen LogP contribution in [0.15, 0.2) is 40.9 Å². The van der Waals surface area contributed by atoms with Gasteiger partial charge in [0.05, 0.1) is 13.2 Å². The number of rotatable bonds is 4. The van der Waals surface area contributed by atoms with Crippen molar-refractivity contribution in [1.29, 1.82) is 0 Å². The summed E-state index contributed by atoms with van der Waals surface area (Å²) in [5.41, 5.74) is 7.52. The van der Waals surface area contributed by atoms with Crippen molar-refractivity contribution in [3.8, 4) is 5.75 Å². The van der Waals surface area contributed by atoms with Crippen LogP contribution in [-0.4, -0.2) is 7.11 Å². The van der Waals surface area contributed by atoms with E-state index >= 15 is 0 Å². The van der Waals surface area contributed by atoms with Crippen molar-refractivity contribution in [1.82, 2.24) is 5.43 Å². The zero-order valence-electron chi connectivity index (χ0n) is 11.9. The number of benzene rings is 2. The summed E-state index contributed by atoms with van der Waals surface area (Å²) in [6.45, 7) is 4.13. The van der Waals surface area contributed by atoms with E-state index in [1.165, 1.54) is 5.56 Å². The molecule has 0 aliphatic rings. The van der Waals surface area contributed by atoms with E-state index in [1.54, 1.807) is 7.11 Å². The highest BCUT2D eigenvalue weighted by Crippen LogP contribution is 2.29. The lowest BCUT2D eigenvalue weighted by Gasteiger charge is -2.20. The average Bonchev–Trinajstić information content (AvgIpc) is 2.40. The first kappa shape index (κ1) is 15.0. The minimum atomic E-state index is -0.0443. The summed E-state index contributed by atoms with van der Waals surface area (Å²) in [5, 5.41) is 0. The summed E-state index contributed by atoms with van der Waals surface area (Å²) in [4.78, 5) is 0. The van der Waals surface area contributed by atoms with E-state index in [9.17, 15) is 0 Å². The molecule has 3 N–H and O–H groups in total. The Morgan fingerprint density at radius 3 is 2.45 bits per heavy atom. The van der Waals surface area contributed by atoms with Gasteiger partial charge in [-0.15, -0.1) is 0 Å². The maximum absolute atomic E-state index is 5.78. The molecule has 1 atom stereocenters. The predicted octanol–water partition coefficient (Wildman–Crippen LogP) is 3.63. The van der Waals surface area contributed by atoms with Crippen LogP contribution in [0.3, 0.4) is 0 Å². The Kier molecular flexibility index (Phi) is 4.81. The van der Waals surface area contributed by atoms with Gasteiger partial charge in [0.25, 0.3) is 0 Å². The lowest BCUT2D eigenvalue weighted by Crippen LogP contribution is -2.29. The molecular formula is C16H19BrN2O. The monoisotopic (exact) mass is 334 g/mol. The van der Waals surface area contributed by atoms with E-state index in [1.807, 2.05) is 12.1 Å². The first-order chi connectivity index (χ1) is 9.55. The second-order valence-corrected chi connectivity index (χ2v) is 5.80. The van der Waals surface area contributed by atoms with Crippen molar-refractivity contribution >= 4 is 15.9 Å². The molecule has 4 heteroatoms. The van der Waals surface area contributed by atoms with E-state index in [0.717, 1.165) is 26.9 Å². The van der Waals surface area contributed by atoms with Crippen LogP contribution in [0.5, 0.6) is 5.75 Å². The summed E-state index contributed by atoms with van der Waals surface area (Å²) in [6, 6.07) is 12.3. The number of hydrogen-bond donors (Lipinski definition) is 2. The minimum Gasteiger partial charge on any atom is -0.497 e. The van der Waals surface area contributed by atoms with E-state index in [0.29, 0.717) is 0 Å². The van der Waals surface area contributed by atoms with Gasteiger partial charge in [-0.1, -0.05) is 28.1 Å². The van der Waals surface area contributed by atoms with Crippen LogP contribution < -0.4 is 16.0 Å².